The van der Waals surface area contributed by atoms with Crippen molar-refractivity contribution in [2.24, 2.45) is 5.73 Å². The van der Waals surface area contributed by atoms with E-state index in [-0.39, 0.29) is 11.9 Å². The molecule has 37 heavy (non-hydrogen) atoms. The average molecular weight is 545 g/mol. The lowest BCUT2D eigenvalue weighted by atomic mass is 10.1. The molecule has 7 nitrogen and oxygen atoms in total. The molecule has 3 N–H and O–H groups in total. The van der Waals surface area contributed by atoms with Gasteiger partial charge < -0.3 is 20.5 Å². The number of rotatable bonds is 12. The van der Waals surface area contributed by atoms with E-state index in [1.165, 1.54) is 17.3 Å². The fraction of sp³-hybridized carbons (Fsp3) is 0.393. The van der Waals surface area contributed by atoms with E-state index in [2.05, 4.69) is 22.2 Å². The van der Waals surface area contributed by atoms with Crippen LogP contribution in [-0.4, -0.2) is 48.4 Å². The van der Waals surface area contributed by atoms with E-state index in [0.29, 0.717) is 22.4 Å². The molecule has 3 rings (SSSR count). The molecule has 200 valence electrons. The summed E-state index contributed by atoms with van der Waals surface area (Å²) in [6.45, 7) is 4.87. The van der Waals surface area contributed by atoms with Gasteiger partial charge in [-0.1, -0.05) is 54.9 Å². The fourth-order valence-electron chi connectivity index (χ4n) is 3.46. The van der Waals surface area contributed by atoms with Gasteiger partial charge in [-0.25, -0.2) is 9.97 Å². The van der Waals surface area contributed by atoms with Gasteiger partial charge in [0.05, 0.1) is 20.0 Å². The number of hydrogen-bond acceptors (Lipinski definition) is 7. The highest BCUT2D eigenvalue weighted by Gasteiger charge is 2.10. The molecule has 0 radical (unpaired) electrons. The van der Waals surface area contributed by atoms with Crippen LogP contribution >= 0.6 is 23.4 Å². The number of amides is 1. The van der Waals surface area contributed by atoms with Crippen LogP contribution in [0.2, 0.25) is 5.02 Å². The summed E-state index contributed by atoms with van der Waals surface area (Å²) in [6.07, 6.45) is 7.61. The standard InChI is InChI=1S/C19H25N3O3S.C9H12ClN/c1-5-6-13(2)22-18(23)12-26-19-20-10-15(11-21-19)14-7-8-16(24-3)17(9-14)25-4;10-9-5-3-8(4-6-9)2-1-7-11/h7-11,13H,5-6,12H2,1-4H3,(H,22,23);3-6H,1-2,7,11H2/t13-;/m1./s1. The zero-order chi connectivity index (χ0) is 27.0. The van der Waals surface area contributed by atoms with E-state index in [1.54, 1.807) is 26.6 Å². The van der Waals surface area contributed by atoms with E-state index in [0.717, 1.165) is 48.4 Å². The number of nitrogens with zero attached hydrogens (tertiary/aromatic N) is 2. The summed E-state index contributed by atoms with van der Waals surface area (Å²) in [5.74, 6) is 1.64. The van der Waals surface area contributed by atoms with Crippen molar-refractivity contribution in [1.29, 1.82) is 0 Å². The van der Waals surface area contributed by atoms with Gasteiger partial charge in [-0.15, -0.1) is 0 Å². The van der Waals surface area contributed by atoms with Crippen LogP contribution in [0.25, 0.3) is 11.1 Å². The van der Waals surface area contributed by atoms with Crippen molar-refractivity contribution < 1.29 is 14.3 Å². The minimum Gasteiger partial charge on any atom is -0.493 e. The predicted molar refractivity (Wildman–Crippen MR) is 153 cm³/mol. The number of aryl methyl sites for hydroxylation is 1. The number of nitrogens with one attached hydrogen (secondary N) is 1. The smallest absolute Gasteiger partial charge is 0.230 e. The van der Waals surface area contributed by atoms with E-state index in [4.69, 9.17) is 26.8 Å². The van der Waals surface area contributed by atoms with Crippen LogP contribution in [0.1, 0.15) is 38.7 Å². The minimum atomic E-state index is 0.00326. The maximum absolute atomic E-state index is 11.9. The molecule has 1 heterocycles. The van der Waals surface area contributed by atoms with Crippen LogP contribution in [-0.2, 0) is 11.2 Å². The van der Waals surface area contributed by atoms with E-state index in [1.807, 2.05) is 49.4 Å². The minimum absolute atomic E-state index is 0.00326. The van der Waals surface area contributed by atoms with Crippen molar-refractivity contribution in [3.8, 4) is 22.6 Å². The third-order valence-corrected chi connectivity index (χ3v) is 6.52. The molecule has 0 spiro atoms. The molecule has 2 aromatic carbocycles. The second-order valence-corrected chi connectivity index (χ2v) is 9.77. The molecule has 0 unspecified atom stereocenters. The molecule has 0 aliphatic carbocycles. The highest BCUT2D eigenvalue weighted by Crippen LogP contribution is 2.32. The van der Waals surface area contributed by atoms with Gasteiger partial charge in [-0.3, -0.25) is 4.79 Å². The molecule has 0 saturated carbocycles. The first kappa shape index (κ1) is 30.4. The van der Waals surface area contributed by atoms with Crippen LogP contribution in [0, 0.1) is 0 Å². The summed E-state index contributed by atoms with van der Waals surface area (Å²) < 4.78 is 10.6. The third kappa shape index (κ3) is 11.0. The fourth-order valence-corrected chi connectivity index (χ4v) is 4.19. The Labute approximate surface area is 229 Å². The molecule has 0 saturated heterocycles. The van der Waals surface area contributed by atoms with Crippen LogP contribution < -0.4 is 20.5 Å². The van der Waals surface area contributed by atoms with Gasteiger partial charge in [-0.2, -0.15) is 0 Å². The van der Waals surface area contributed by atoms with Gasteiger partial charge in [0, 0.05) is 29.0 Å². The van der Waals surface area contributed by atoms with Gasteiger partial charge in [-0.05, 0) is 68.1 Å². The highest BCUT2D eigenvalue weighted by atomic mass is 35.5. The van der Waals surface area contributed by atoms with E-state index in [9.17, 15) is 4.79 Å². The largest absolute Gasteiger partial charge is 0.493 e. The summed E-state index contributed by atoms with van der Waals surface area (Å²) in [6, 6.07) is 13.7. The number of carbonyl (C=O) groups excluding carboxylic acids is 1. The molecule has 0 aliphatic rings. The monoisotopic (exact) mass is 544 g/mol. The van der Waals surface area contributed by atoms with Crippen LogP contribution in [0.3, 0.4) is 0 Å². The van der Waals surface area contributed by atoms with Crippen molar-refractivity contribution >= 4 is 29.3 Å². The summed E-state index contributed by atoms with van der Waals surface area (Å²) >= 11 is 7.05. The number of thioether (sulfide) groups is 1. The van der Waals surface area contributed by atoms with Crippen LogP contribution in [0.15, 0.2) is 60.0 Å². The molecule has 1 amide bonds. The molecule has 9 heteroatoms. The van der Waals surface area contributed by atoms with Crippen molar-refractivity contribution in [3.63, 3.8) is 0 Å². The first-order valence-electron chi connectivity index (χ1n) is 12.3. The van der Waals surface area contributed by atoms with Crippen LogP contribution in [0.4, 0.5) is 0 Å². The van der Waals surface area contributed by atoms with Crippen molar-refractivity contribution in [3.05, 3.63) is 65.4 Å². The maximum atomic E-state index is 11.9. The predicted octanol–water partition coefficient (Wildman–Crippen LogP) is 5.79. The van der Waals surface area contributed by atoms with Crippen molar-refractivity contribution in [2.45, 2.75) is 50.7 Å². The maximum Gasteiger partial charge on any atom is 0.230 e. The van der Waals surface area contributed by atoms with Crippen molar-refractivity contribution in [2.75, 3.05) is 26.5 Å². The quantitative estimate of drug-likeness (QED) is 0.220. The topological polar surface area (TPSA) is 99.4 Å². The summed E-state index contributed by atoms with van der Waals surface area (Å²) in [7, 11) is 3.20. The van der Waals surface area contributed by atoms with Gasteiger partial charge in [0.1, 0.15) is 0 Å². The molecular formula is C28H37ClN4O3S. The summed E-state index contributed by atoms with van der Waals surface area (Å²) in [4.78, 5) is 20.6. The Hall–Kier alpha value is -2.81. The number of ether oxygens (including phenoxy) is 2. The van der Waals surface area contributed by atoms with Crippen molar-refractivity contribution in [1.82, 2.24) is 15.3 Å². The Kier molecular flexibility index (Phi) is 13.8. The lowest BCUT2D eigenvalue weighted by Crippen LogP contribution is -2.33. The first-order valence-corrected chi connectivity index (χ1v) is 13.7. The highest BCUT2D eigenvalue weighted by molar-refractivity contribution is 7.99. The van der Waals surface area contributed by atoms with Gasteiger partial charge >= 0.3 is 0 Å². The number of aromatic nitrogens is 2. The third-order valence-electron chi connectivity index (χ3n) is 5.39. The lowest BCUT2D eigenvalue weighted by Gasteiger charge is -2.12. The Morgan fingerprint density at radius 2 is 1.73 bits per heavy atom. The number of methoxy groups -OCH3 is 2. The number of benzene rings is 2. The Balaban J connectivity index is 0.000000364. The average Bonchev–Trinajstić information content (AvgIpc) is 2.92. The first-order chi connectivity index (χ1) is 17.9. The van der Waals surface area contributed by atoms with Crippen LogP contribution in [0.5, 0.6) is 11.5 Å². The Bertz CT molecular complexity index is 1080. The van der Waals surface area contributed by atoms with E-state index >= 15 is 0 Å². The molecule has 0 aliphatic heterocycles. The molecule has 3 aromatic rings. The molecule has 1 atom stereocenters. The number of hydrogen-bond donors (Lipinski definition) is 2. The molecule has 0 fully saturated rings. The number of nitrogens with two attached hydrogens (primary N) is 1. The lowest BCUT2D eigenvalue weighted by molar-refractivity contribution is -0.119. The SMILES string of the molecule is CCC[C@@H](C)NC(=O)CSc1ncc(-c2ccc(OC)c(OC)c2)cn1.NCCCc1ccc(Cl)cc1. The second-order valence-electron chi connectivity index (χ2n) is 8.39. The summed E-state index contributed by atoms with van der Waals surface area (Å²) in [5.41, 5.74) is 8.49. The van der Waals surface area contributed by atoms with E-state index < -0.39 is 0 Å². The molecule has 1 aromatic heterocycles. The van der Waals surface area contributed by atoms with Gasteiger partial charge in [0.15, 0.2) is 16.7 Å². The number of carbonyl (C=O) groups is 1. The summed E-state index contributed by atoms with van der Waals surface area (Å²) in [5, 5.41) is 4.34. The zero-order valence-corrected chi connectivity index (χ0v) is 23.6. The normalized spacial score (nSPS) is 11.2. The van der Waals surface area contributed by atoms with Gasteiger partial charge in [0.2, 0.25) is 5.91 Å². The Morgan fingerprint density at radius 3 is 2.32 bits per heavy atom. The number of halogens is 1. The second kappa shape index (κ2) is 16.8. The zero-order valence-electron chi connectivity index (χ0n) is 22.0. The molecular weight excluding hydrogens is 508 g/mol. The Morgan fingerprint density at radius 1 is 1.05 bits per heavy atom. The molecule has 0 bridgehead atoms. The van der Waals surface area contributed by atoms with Gasteiger partial charge in [0.25, 0.3) is 0 Å².